The molecule has 0 bridgehead atoms. The maximum atomic E-state index is 13.0. The average Bonchev–Trinajstić information content (AvgIpc) is 3.46. The van der Waals surface area contributed by atoms with Crippen LogP contribution in [0.5, 0.6) is 0 Å². The van der Waals surface area contributed by atoms with Crippen molar-refractivity contribution in [2.75, 3.05) is 6.54 Å². The molecule has 0 heterocycles. The Morgan fingerprint density at radius 3 is 2.52 bits per heavy atom. The molecule has 1 saturated carbocycles. The van der Waals surface area contributed by atoms with E-state index in [-0.39, 0.29) is 16.8 Å². The minimum absolute atomic E-state index is 0.0264. The number of benzene rings is 2. The summed E-state index contributed by atoms with van der Waals surface area (Å²) < 4.78 is 26.6. The van der Waals surface area contributed by atoms with Crippen LogP contribution >= 0.6 is 0 Å². The Hall–Kier alpha value is -2.44. The lowest BCUT2D eigenvalue weighted by atomic mass is 10.1. The maximum Gasteiger partial charge on any atom is 0.247 e. The molecule has 1 atom stereocenters. The molecule has 1 fully saturated rings. The average molecular weight is 411 g/mol. The fourth-order valence-corrected chi connectivity index (χ4v) is 5.09. The second-order valence-electron chi connectivity index (χ2n) is 7.63. The summed E-state index contributed by atoms with van der Waals surface area (Å²) in [5.41, 5.74) is 3.42. The van der Waals surface area contributed by atoms with E-state index in [9.17, 15) is 13.2 Å². The molecule has 152 valence electrons. The van der Waals surface area contributed by atoms with Crippen LogP contribution in [-0.2, 0) is 21.2 Å². The highest BCUT2D eigenvalue weighted by atomic mass is 32.2. The van der Waals surface area contributed by atoms with Crippen LogP contribution in [0.3, 0.4) is 0 Å². The smallest absolute Gasteiger partial charge is 0.247 e. The first-order valence-corrected chi connectivity index (χ1v) is 11.7. The lowest BCUT2D eigenvalue weighted by Crippen LogP contribution is -2.34. The van der Waals surface area contributed by atoms with Crippen molar-refractivity contribution in [1.29, 1.82) is 0 Å². The first-order chi connectivity index (χ1) is 14.0. The molecule has 2 aromatic carbocycles. The summed E-state index contributed by atoms with van der Waals surface area (Å²) in [5.74, 6) is 0.0264. The number of sulfonamides is 1. The van der Waals surface area contributed by atoms with Gasteiger partial charge in [-0.05, 0) is 60.6 Å². The molecule has 0 saturated heterocycles. The van der Waals surface area contributed by atoms with E-state index >= 15 is 0 Å². The number of rotatable bonds is 7. The maximum absolute atomic E-state index is 13.0. The molecule has 0 radical (unpaired) electrons. The van der Waals surface area contributed by atoms with Gasteiger partial charge in [0.05, 0.1) is 10.9 Å². The lowest BCUT2D eigenvalue weighted by Gasteiger charge is -2.29. The van der Waals surface area contributed by atoms with Gasteiger partial charge >= 0.3 is 0 Å². The van der Waals surface area contributed by atoms with Crippen molar-refractivity contribution < 1.29 is 13.2 Å². The van der Waals surface area contributed by atoms with Crippen molar-refractivity contribution in [1.82, 2.24) is 9.62 Å². The molecule has 1 amide bonds. The van der Waals surface area contributed by atoms with E-state index in [1.54, 1.807) is 43.3 Å². The predicted molar refractivity (Wildman–Crippen MR) is 114 cm³/mol. The van der Waals surface area contributed by atoms with Gasteiger partial charge in [0, 0.05) is 18.7 Å². The fraction of sp³-hybridized carbons (Fsp3) is 0.348. The van der Waals surface area contributed by atoms with E-state index in [4.69, 9.17) is 0 Å². The highest BCUT2D eigenvalue weighted by Gasteiger charge is 2.39. The Morgan fingerprint density at radius 1 is 1.10 bits per heavy atom. The van der Waals surface area contributed by atoms with Crippen molar-refractivity contribution in [3.05, 3.63) is 71.3 Å². The minimum atomic E-state index is -3.46. The first kappa shape index (κ1) is 19.9. The minimum Gasteiger partial charge on any atom is -0.329 e. The molecule has 0 aromatic heterocycles. The van der Waals surface area contributed by atoms with Crippen LogP contribution < -0.4 is 4.72 Å². The molecule has 0 spiro atoms. The van der Waals surface area contributed by atoms with Crippen LogP contribution in [0.2, 0.25) is 0 Å². The topological polar surface area (TPSA) is 66.5 Å². The lowest BCUT2D eigenvalue weighted by molar-refractivity contribution is -0.129. The monoisotopic (exact) mass is 410 g/mol. The Bertz CT molecular complexity index is 1020. The molecule has 5 nitrogen and oxygen atoms in total. The zero-order valence-electron chi connectivity index (χ0n) is 16.5. The van der Waals surface area contributed by atoms with E-state index in [1.165, 1.54) is 11.1 Å². The predicted octanol–water partition coefficient (Wildman–Crippen LogP) is 3.68. The van der Waals surface area contributed by atoms with Gasteiger partial charge in [-0.3, -0.25) is 4.79 Å². The summed E-state index contributed by atoms with van der Waals surface area (Å²) >= 11 is 0. The molecule has 2 aliphatic rings. The number of carbonyl (C=O) groups excluding carboxylic acids is 1. The molecule has 2 aromatic rings. The first-order valence-electron chi connectivity index (χ1n) is 10.2. The van der Waals surface area contributed by atoms with Crippen molar-refractivity contribution >= 4 is 22.0 Å². The molecular formula is C23H26N2O3S. The molecular weight excluding hydrogens is 384 g/mol. The zero-order chi connectivity index (χ0) is 20.4. The van der Waals surface area contributed by atoms with Crippen molar-refractivity contribution in [2.45, 2.75) is 49.6 Å². The van der Waals surface area contributed by atoms with Gasteiger partial charge in [-0.1, -0.05) is 43.3 Å². The Balaban J connectivity index is 1.50. The van der Waals surface area contributed by atoms with Gasteiger partial charge in [0.15, 0.2) is 0 Å². The molecule has 4 rings (SSSR count). The highest BCUT2D eigenvalue weighted by molar-refractivity contribution is 7.89. The normalized spacial score (nSPS) is 18.7. The molecule has 29 heavy (non-hydrogen) atoms. The van der Waals surface area contributed by atoms with Gasteiger partial charge in [-0.25, -0.2) is 13.1 Å². The number of nitrogens with one attached hydrogen (secondary N) is 1. The zero-order valence-corrected chi connectivity index (χ0v) is 17.4. The van der Waals surface area contributed by atoms with Gasteiger partial charge in [0.1, 0.15) is 0 Å². The Labute approximate surface area is 172 Å². The Morgan fingerprint density at radius 2 is 1.83 bits per heavy atom. The van der Waals surface area contributed by atoms with Crippen molar-refractivity contribution in [3.63, 3.8) is 0 Å². The number of fused-ring (bicyclic) bond motifs is 1. The molecule has 1 N–H and O–H groups in total. The molecule has 6 heteroatoms. The van der Waals surface area contributed by atoms with Crippen LogP contribution in [0.25, 0.3) is 6.08 Å². The molecule has 1 unspecified atom stereocenters. The third-order valence-electron chi connectivity index (χ3n) is 5.57. The van der Waals surface area contributed by atoms with Gasteiger partial charge in [0.25, 0.3) is 0 Å². The Kier molecular flexibility index (Phi) is 5.56. The van der Waals surface area contributed by atoms with Gasteiger partial charge in [0.2, 0.25) is 15.9 Å². The summed E-state index contributed by atoms with van der Waals surface area (Å²) in [6.07, 6.45) is 7.51. The largest absolute Gasteiger partial charge is 0.329 e. The van der Waals surface area contributed by atoms with Gasteiger partial charge in [-0.15, -0.1) is 0 Å². The van der Waals surface area contributed by atoms with Crippen LogP contribution in [-0.4, -0.2) is 31.8 Å². The van der Waals surface area contributed by atoms with E-state index in [0.717, 1.165) is 31.2 Å². The van der Waals surface area contributed by atoms with Gasteiger partial charge in [-0.2, -0.15) is 0 Å². The third-order valence-corrected chi connectivity index (χ3v) is 7.14. The van der Waals surface area contributed by atoms with Crippen LogP contribution in [0.4, 0.5) is 0 Å². The standard InChI is InChI=1S/C23H26N2O3S/c1-2-24-29(27,28)20-13-7-17(8-14-20)9-16-23(26)25(19-11-12-19)22-15-10-18-5-3-4-6-21(18)22/h3-9,13-14,16,19,22,24H,2,10-12,15H2,1H3/b16-9+. The van der Waals surface area contributed by atoms with Gasteiger partial charge < -0.3 is 4.90 Å². The number of carbonyl (C=O) groups is 1. The number of nitrogens with zero attached hydrogens (tertiary/aromatic N) is 1. The number of amides is 1. The third kappa shape index (κ3) is 4.28. The fourth-order valence-electron chi connectivity index (χ4n) is 4.05. The quantitative estimate of drug-likeness (QED) is 0.708. The van der Waals surface area contributed by atoms with Crippen molar-refractivity contribution in [3.8, 4) is 0 Å². The summed E-state index contributed by atoms with van der Waals surface area (Å²) in [5, 5.41) is 0. The second kappa shape index (κ2) is 8.13. The number of hydrogen-bond acceptors (Lipinski definition) is 3. The number of aryl methyl sites for hydroxylation is 1. The van der Waals surface area contributed by atoms with Crippen molar-refractivity contribution in [2.24, 2.45) is 0 Å². The SMILES string of the molecule is CCNS(=O)(=O)c1ccc(/C=C/C(=O)N(C2CC2)C2CCc3ccccc32)cc1. The summed E-state index contributed by atoms with van der Waals surface area (Å²) in [6.45, 7) is 2.09. The van der Waals surface area contributed by atoms with Crippen LogP contribution in [0.15, 0.2) is 59.5 Å². The molecule has 0 aliphatic heterocycles. The summed E-state index contributed by atoms with van der Waals surface area (Å²) in [4.78, 5) is 15.3. The summed E-state index contributed by atoms with van der Waals surface area (Å²) in [6, 6.07) is 15.5. The van der Waals surface area contributed by atoms with E-state index < -0.39 is 10.0 Å². The highest BCUT2D eigenvalue weighted by Crippen LogP contribution is 2.41. The molecule has 2 aliphatic carbocycles. The van der Waals surface area contributed by atoms with Crippen LogP contribution in [0, 0.1) is 0 Å². The van der Waals surface area contributed by atoms with Crippen LogP contribution in [0.1, 0.15) is 48.9 Å². The van der Waals surface area contributed by atoms with E-state index in [2.05, 4.69) is 22.9 Å². The second-order valence-corrected chi connectivity index (χ2v) is 9.40. The summed E-state index contributed by atoms with van der Waals surface area (Å²) in [7, 11) is -3.46. The van der Waals surface area contributed by atoms with E-state index in [0.29, 0.717) is 12.6 Å². The number of hydrogen-bond donors (Lipinski definition) is 1. The van der Waals surface area contributed by atoms with E-state index in [1.807, 2.05) is 11.0 Å².